The van der Waals surface area contributed by atoms with Gasteiger partial charge < -0.3 is 11.1 Å². The molecule has 1 aromatic heterocycles. The van der Waals surface area contributed by atoms with E-state index >= 15 is 0 Å². The molecule has 0 aliphatic rings. The standard InChI is InChI=1S/C10H12F3N3O/c11-6-5-7(12)10(16-9(6)13)15-4-2-1-3-8(14)17/h5H,1-4H2,(H2,14,17)(H,15,16). The minimum atomic E-state index is -1.36. The van der Waals surface area contributed by atoms with Crippen LogP contribution in [0.25, 0.3) is 0 Å². The highest BCUT2D eigenvalue weighted by atomic mass is 19.2. The first kappa shape index (κ1) is 13.3. The predicted octanol–water partition coefficient (Wildman–Crippen LogP) is 1.57. The minimum Gasteiger partial charge on any atom is -0.370 e. The van der Waals surface area contributed by atoms with E-state index in [4.69, 9.17) is 5.73 Å². The summed E-state index contributed by atoms with van der Waals surface area (Å²) in [6.45, 7) is 0.294. The number of nitrogens with zero attached hydrogens (tertiary/aromatic N) is 1. The van der Waals surface area contributed by atoms with Crippen LogP contribution in [0.5, 0.6) is 0 Å². The van der Waals surface area contributed by atoms with Crippen molar-refractivity contribution in [3.8, 4) is 0 Å². The number of nitrogens with two attached hydrogens (primary N) is 1. The summed E-state index contributed by atoms with van der Waals surface area (Å²) in [7, 11) is 0. The fraction of sp³-hybridized carbons (Fsp3) is 0.400. The minimum absolute atomic E-state index is 0.232. The second-order valence-electron chi connectivity index (χ2n) is 3.44. The number of anilines is 1. The average molecular weight is 247 g/mol. The van der Waals surface area contributed by atoms with E-state index in [2.05, 4.69) is 10.3 Å². The molecular formula is C10H12F3N3O. The highest BCUT2D eigenvalue weighted by Gasteiger charge is 2.10. The molecule has 0 aromatic carbocycles. The number of hydrogen-bond donors (Lipinski definition) is 2. The van der Waals surface area contributed by atoms with Gasteiger partial charge in [-0.05, 0) is 12.8 Å². The zero-order valence-corrected chi connectivity index (χ0v) is 8.97. The van der Waals surface area contributed by atoms with E-state index in [1.54, 1.807) is 0 Å². The quantitative estimate of drug-likeness (QED) is 0.592. The molecule has 0 spiro atoms. The number of amides is 1. The number of pyridine rings is 1. The lowest BCUT2D eigenvalue weighted by molar-refractivity contribution is -0.118. The van der Waals surface area contributed by atoms with Gasteiger partial charge in [0.25, 0.3) is 5.95 Å². The predicted molar refractivity (Wildman–Crippen MR) is 55.6 cm³/mol. The van der Waals surface area contributed by atoms with Gasteiger partial charge in [-0.15, -0.1) is 0 Å². The molecule has 1 rings (SSSR count). The SMILES string of the molecule is NC(=O)CCCCNc1nc(F)c(F)cc1F. The summed E-state index contributed by atoms with van der Waals surface area (Å²) in [6, 6.07) is 0.425. The molecule has 1 heterocycles. The van der Waals surface area contributed by atoms with Crippen molar-refractivity contribution in [2.24, 2.45) is 5.73 Å². The molecule has 0 saturated heterocycles. The van der Waals surface area contributed by atoms with Gasteiger partial charge in [0.05, 0.1) is 0 Å². The Morgan fingerprint density at radius 2 is 2.00 bits per heavy atom. The van der Waals surface area contributed by atoms with E-state index < -0.39 is 23.5 Å². The van der Waals surface area contributed by atoms with Gasteiger partial charge in [0.2, 0.25) is 5.91 Å². The number of aromatic nitrogens is 1. The van der Waals surface area contributed by atoms with Gasteiger partial charge in [0.1, 0.15) is 0 Å². The summed E-state index contributed by atoms with van der Waals surface area (Å²) in [6.07, 6.45) is 1.31. The molecule has 94 valence electrons. The van der Waals surface area contributed by atoms with Crippen LogP contribution < -0.4 is 11.1 Å². The lowest BCUT2D eigenvalue weighted by Crippen LogP contribution is -2.12. The number of rotatable bonds is 6. The Labute approximate surface area is 96.0 Å². The molecule has 1 amide bonds. The Morgan fingerprint density at radius 1 is 1.29 bits per heavy atom. The second kappa shape index (κ2) is 6.07. The highest BCUT2D eigenvalue weighted by Crippen LogP contribution is 2.14. The van der Waals surface area contributed by atoms with Crippen molar-refractivity contribution in [1.82, 2.24) is 4.98 Å². The van der Waals surface area contributed by atoms with Crippen LogP contribution in [-0.2, 0) is 4.79 Å². The van der Waals surface area contributed by atoms with Gasteiger partial charge in [-0.25, -0.2) is 8.78 Å². The maximum atomic E-state index is 13.1. The van der Waals surface area contributed by atoms with Crippen molar-refractivity contribution in [2.45, 2.75) is 19.3 Å². The first-order valence-electron chi connectivity index (χ1n) is 5.04. The Morgan fingerprint density at radius 3 is 2.65 bits per heavy atom. The molecule has 4 nitrogen and oxygen atoms in total. The number of hydrogen-bond acceptors (Lipinski definition) is 3. The van der Waals surface area contributed by atoms with E-state index in [0.717, 1.165) is 0 Å². The molecule has 17 heavy (non-hydrogen) atoms. The van der Waals surface area contributed by atoms with Crippen LogP contribution in [0.1, 0.15) is 19.3 Å². The number of unbranched alkanes of at least 4 members (excludes halogenated alkanes) is 1. The largest absolute Gasteiger partial charge is 0.370 e. The van der Waals surface area contributed by atoms with Gasteiger partial charge in [-0.3, -0.25) is 4.79 Å². The normalized spacial score (nSPS) is 10.3. The summed E-state index contributed by atoms with van der Waals surface area (Å²) in [4.78, 5) is 13.5. The molecule has 1 aromatic rings. The zero-order chi connectivity index (χ0) is 12.8. The highest BCUT2D eigenvalue weighted by molar-refractivity contribution is 5.73. The fourth-order valence-electron chi connectivity index (χ4n) is 1.20. The van der Waals surface area contributed by atoms with Crippen LogP contribution in [-0.4, -0.2) is 17.4 Å². The third-order valence-corrected chi connectivity index (χ3v) is 2.03. The van der Waals surface area contributed by atoms with Crippen LogP contribution in [0.15, 0.2) is 6.07 Å². The first-order valence-corrected chi connectivity index (χ1v) is 5.04. The number of halogens is 3. The van der Waals surface area contributed by atoms with Crippen molar-refractivity contribution in [3.05, 3.63) is 23.6 Å². The maximum absolute atomic E-state index is 13.1. The van der Waals surface area contributed by atoms with Crippen LogP contribution in [0, 0.1) is 17.6 Å². The Balaban J connectivity index is 2.41. The number of carbonyl (C=O) groups is 1. The lowest BCUT2D eigenvalue weighted by Gasteiger charge is -2.06. The monoisotopic (exact) mass is 247 g/mol. The van der Waals surface area contributed by atoms with Crippen LogP contribution >= 0.6 is 0 Å². The van der Waals surface area contributed by atoms with Crippen LogP contribution in [0.4, 0.5) is 19.0 Å². The summed E-state index contributed by atoms with van der Waals surface area (Å²) >= 11 is 0. The Hall–Kier alpha value is -1.79. The molecule has 0 saturated carbocycles. The third-order valence-electron chi connectivity index (χ3n) is 2.03. The van der Waals surface area contributed by atoms with E-state index in [9.17, 15) is 18.0 Å². The van der Waals surface area contributed by atoms with Crippen molar-refractivity contribution in [3.63, 3.8) is 0 Å². The van der Waals surface area contributed by atoms with Gasteiger partial charge in [0, 0.05) is 19.0 Å². The smallest absolute Gasteiger partial charge is 0.251 e. The third kappa shape index (κ3) is 4.29. The molecule has 7 heteroatoms. The molecule has 0 radical (unpaired) electrons. The van der Waals surface area contributed by atoms with Gasteiger partial charge >= 0.3 is 0 Å². The van der Waals surface area contributed by atoms with Crippen LogP contribution in [0.2, 0.25) is 0 Å². The number of carbonyl (C=O) groups excluding carboxylic acids is 1. The average Bonchev–Trinajstić information content (AvgIpc) is 2.24. The molecule has 0 atom stereocenters. The molecule has 0 fully saturated rings. The Kier molecular flexibility index (Phi) is 4.74. The van der Waals surface area contributed by atoms with Crippen molar-refractivity contribution >= 4 is 11.7 Å². The molecule has 0 aliphatic heterocycles. The number of primary amides is 1. The second-order valence-corrected chi connectivity index (χ2v) is 3.44. The summed E-state index contributed by atoms with van der Waals surface area (Å²) in [5.41, 5.74) is 4.92. The Bertz CT molecular complexity index is 412. The van der Waals surface area contributed by atoms with Crippen molar-refractivity contribution in [2.75, 3.05) is 11.9 Å². The summed E-state index contributed by atoms with van der Waals surface area (Å²) < 4.78 is 38.3. The zero-order valence-electron chi connectivity index (χ0n) is 8.97. The lowest BCUT2D eigenvalue weighted by atomic mass is 10.2. The van der Waals surface area contributed by atoms with Gasteiger partial charge in [0.15, 0.2) is 17.5 Å². The van der Waals surface area contributed by atoms with E-state index in [-0.39, 0.29) is 12.2 Å². The number of nitrogens with one attached hydrogen (secondary N) is 1. The van der Waals surface area contributed by atoms with Crippen LogP contribution in [0.3, 0.4) is 0 Å². The topological polar surface area (TPSA) is 68.0 Å². The van der Waals surface area contributed by atoms with Crippen molar-refractivity contribution in [1.29, 1.82) is 0 Å². The van der Waals surface area contributed by atoms with Gasteiger partial charge in [-0.2, -0.15) is 9.37 Å². The van der Waals surface area contributed by atoms with E-state index in [1.807, 2.05) is 0 Å². The molecular weight excluding hydrogens is 235 g/mol. The maximum Gasteiger partial charge on any atom is 0.251 e. The molecule has 0 bridgehead atoms. The van der Waals surface area contributed by atoms with E-state index in [0.29, 0.717) is 25.5 Å². The van der Waals surface area contributed by atoms with Gasteiger partial charge in [-0.1, -0.05) is 0 Å². The summed E-state index contributed by atoms with van der Waals surface area (Å²) in [5.74, 6) is -4.41. The van der Waals surface area contributed by atoms with Crippen molar-refractivity contribution < 1.29 is 18.0 Å². The fourth-order valence-corrected chi connectivity index (χ4v) is 1.20. The first-order chi connectivity index (χ1) is 8.00. The molecule has 3 N–H and O–H groups in total. The van der Waals surface area contributed by atoms with E-state index in [1.165, 1.54) is 0 Å². The summed E-state index contributed by atoms with van der Waals surface area (Å²) in [5, 5.41) is 2.51. The molecule has 0 unspecified atom stereocenters. The molecule has 0 aliphatic carbocycles.